The van der Waals surface area contributed by atoms with Gasteiger partial charge in [-0.1, -0.05) is 0 Å². The third kappa shape index (κ3) is 2.72. The largest absolute Gasteiger partial charge is 0.493 e. The van der Waals surface area contributed by atoms with Gasteiger partial charge in [0.25, 0.3) is 0 Å². The summed E-state index contributed by atoms with van der Waals surface area (Å²) in [6.45, 7) is 0. The summed E-state index contributed by atoms with van der Waals surface area (Å²) < 4.78 is 21.4. The zero-order valence-corrected chi connectivity index (χ0v) is 11.9. The molecule has 0 saturated carbocycles. The molecule has 1 heterocycles. The van der Waals surface area contributed by atoms with E-state index in [0.29, 0.717) is 23.7 Å². The smallest absolute Gasteiger partial charge is 0.203 e. The number of hydrogen-bond donors (Lipinski definition) is 1. The minimum absolute atomic E-state index is 0.254. The maximum Gasteiger partial charge on any atom is 0.203 e. The Kier molecular flexibility index (Phi) is 4.53. The van der Waals surface area contributed by atoms with Gasteiger partial charge in [-0.25, -0.2) is 0 Å². The molecule has 2 aromatic rings. The van der Waals surface area contributed by atoms with Crippen LogP contribution in [0, 0.1) is 0 Å². The topological polar surface area (TPSA) is 66.9 Å². The van der Waals surface area contributed by atoms with Crippen molar-refractivity contribution >= 4 is 0 Å². The van der Waals surface area contributed by atoms with Crippen molar-refractivity contribution in [3.8, 4) is 17.2 Å². The van der Waals surface area contributed by atoms with Crippen LogP contribution in [0.4, 0.5) is 0 Å². The number of benzene rings is 1. The van der Waals surface area contributed by atoms with Gasteiger partial charge in [0.15, 0.2) is 11.5 Å². The van der Waals surface area contributed by atoms with Crippen molar-refractivity contribution in [3.63, 3.8) is 0 Å². The first-order valence-corrected chi connectivity index (χ1v) is 6.28. The number of ether oxygens (including phenoxy) is 3. The molecule has 2 N–H and O–H groups in total. The fourth-order valence-electron chi connectivity index (χ4n) is 2.17. The van der Waals surface area contributed by atoms with E-state index < -0.39 is 0 Å². The Morgan fingerprint density at radius 3 is 2.35 bits per heavy atom. The summed E-state index contributed by atoms with van der Waals surface area (Å²) in [6.07, 6.45) is 2.22. The van der Waals surface area contributed by atoms with Gasteiger partial charge in [0.05, 0.1) is 27.6 Å². The van der Waals surface area contributed by atoms with E-state index in [2.05, 4.69) is 0 Å². The van der Waals surface area contributed by atoms with E-state index >= 15 is 0 Å². The second kappa shape index (κ2) is 6.34. The third-order valence-corrected chi connectivity index (χ3v) is 3.14. The molecule has 0 fully saturated rings. The molecule has 0 amide bonds. The lowest BCUT2D eigenvalue weighted by atomic mass is 10.0. The highest BCUT2D eigenvalue weighted by atomic mass is 16.5. The second-order valence-electron chi connectivity index (χ2n) is 4.31. The van der Waals surface area contributed by atoms with Gasteiger partial charge < -0.3 is 24.4 Å². The quantitative estimate of drug-likeness (QED) is 0.879. The van der Waals surface area contributed by atoms with Crippen molar-refractivity contribution in [3.05, 3.63) is 41.9 Å². The van der Waals surface area contributed by atoms with Crippen molar-refractivity contribution < 1.29 is 18.6 Å². The molecule has 0 radical (unpaired) electrons. The summed E-state index contributed by atoms with van der Waals surface area (Å²) >= 11 is 0. The lowest BCUT2D eigenvalue weighted by Gasteiger charge is -2.19. The fraction of sp³-hybridized carbons (Fsp3) is 0.333. The van der Waals surface area contributed by atoms with Crippen molar-refractivity contribution in [1.29, 1.82) is 0 Å². The Bertz CT molecular complexity index is 551. The van der Waals surface area contributed by atoms with Crippen LogP contribution in [-0.2, 0) is 6.42 Å². The molecule has 1 aromatic heterocycles. The minimum atomic E-state index is -0.254. The second-order valence-corrected chi connectivity index (χ2v) is 4.31. The summed E-state index contributed by atoms with van der Waals surface area (Å²) in [7, 11) is 4.74. The lowest BCUT2D eigenvalue weighted by molar-refractivity contribution is 0.320. The summed E-state index contributed by atoms with van der Waals surface area (Å²) in [5.74, 6) is 2.57. The highest BCUT2D eigenvalue weighted by Crippen LogP contribution is 2.42. The van der Waals surface area contributed by atoms with Crippen LogP contribution in [0.25, 0.3) is 0 Å². The summed E-state index contributed by atoms with van der Waals surface area (Å²) in [5, 5.41) is 0. The molecule has 1 aromatic carbocycles. The summed E-state index contributed by atoms with van der Waals surface area (Å²) in [6, 6.07) is 7.18. The van der Waals surface area contributed by atoms with Gasteiger partial charge in [0, 0.05) is 18.0 Å². The van der Waals surface area contributed by atoms with E-state index in [1.165, 1.54) is 0 Å². The standard InChI is InChI=1S/C15H19NO4/c1-17-13-7-6-11(14(18-2)15(13)19-3)12(16)9-10-5-4-8-20-10/h4-8,12H,9,16H2,1-3H3. The van der Waals surface area contributed by atoms with Crippen LogP contribution in [0.2, 0.25) is 0 Å². The average Bonchev–Trinajstić information content (AvgIpc) is 2.98. The Hall–Kier alpha value is -2.14. The molecule has 0 aliphatic heterocycles. The van der Waals surface area contributed by atoms with Crippen LogP contribution in [0.1, 0.15) is 17.4 Å². The highest BCUT2D eigenvalue weighted by Gasteiger charge is 2.20. The minimum Gasteiger partial charge on any atom is -0.493 e. The molecular weight excluding hydrogens is 258 g/mol. The molecule has 20 heavy (non-hydrogen) atoms. The molecule has 0 aliphatic carbocycles. The van der Waals surface area contributed by atoms with Gasteiger partial charge in [-0.2, -0.15) is 0 Å². The summed E-state index contributed by atoms with van der Waals surface area (Å²) in [4.78, 5) is 0. The predicted octanol–water partition coefficient (Wildman–Crippen LogP) is 2.55. The molecule has 0 bridgehead atoms. The van der Waals surface area contributed by atoms with Crippen LogP contribution < -0.4 is 19.9 Å². The zero-order chi connectivity index (χ0) is 14.5. The zero-order valence-electron chi connectivity index (χ0n) is 11.9. The fourth-order valence-corrected chi connectivity index (χ4v) is 2.17. The van der Waals surface area contributed by atoms with E-state index in [0.717, 1.165) is 11.3 Å². The maximum absolute atomic E-state index is 6.24. The third-order valence-electron chi connectivity index (χ3n) is 3.14. The Balaban J connectivity index is 2.35. The summed E-state index contributed by atoms with van der Waals surface area (Å²) in [5.41, 5.74) is 7.09. The number of nitrogens with two attached hydrogens (primary N) is 1. The number of rotatable bonds is 6. The van der Waals surface area contributed by atoms with E-state index in [9.17, 15) is 0 Å². The molecule has 108 valence electrons. The van der Waals surface area contributed by atoms with Gasteiger partial charge in [-0.3, -0.25) is 0 Å². The average molecular weight is 277 g/mol. The molecular formula is C15H19NO4. The first-order chi connectivity index (χ1) is 9.71. The van der Waals surface area contributed by atoms with E-state index in [1.807, 2.05) is 24.3 Å². The van der Waals surface area contributed by atoms with Crippen molar-refractivity contribution in [2.45, 2.75) is 12.5 Å². The number of hydrogen-bond acceptors (Lipinski definition) is 5. The van der Waals surface area contributed by atoms with E-state index in [-0.39, 0.29) is 6.04 Å². The van der Waals surface area contributed by atoms with Crippen LogP contribution in [0.5, 0.6) is 17.2 Å². The van der Waals surface area contributed by atoms with Crippen LogP contribution in [0.3, 0.4) is 0 Å². The Morgan fingerprint density at radius 1 is 1.05 bits per heavy atom. The maximum atomic E-state index is 6.24. The van der Waals surface area contributed by atoms with Crippen LogP contribution in [-0.4, -0.2) is 21.3 Å². The monoisotopic (exact) mass is 277 g/mol. The van der Waals surface area contributed by atoms with Gasteiger partial charge in [0.2, 0.25) is 5.75 Å². The van der Waals surface area contributed by atoms with E-state index in [1.54, 1.807) is 27.6 Å². The SMILES string of the molecule is COc1ccc(C(N)Cc2ccco2)c(OC)c1OC. The highest BCUT2D eigenvalue weighted by molar-refractivity contribution is 5.56. The molecule has 0 aliphatic rings. The number of methoxy groups -OCH3 is 3. The first kappa shape index (κ1) is 14.3. The van der Waals surface area contributed by atoms with Gasteiger partial charge in [0.1, 0.15) is 5.76 Å². The Morgan fingerprint density at radius 2 is 1.80 bits per heavy atom. The molecule has 0 spiro atoms. The van der Waals surface area contributed by atoms with Crippen molar-refractivity contribution in [1.82, 2.24) is 0 Å². The van der Waals surface area contributed by atoms with Crippen molar-refractivity contribution in [2.24, 2.45) is 5.73 Å². The van der Waals surface area contributed by atoms with Gasteiger partial charge >= 0.3 is 0 Å². The number of furan rings is 1. The van der Waals surface area contributed by atoms with Crippen molar-refractivity contribution in [2.75, 3.05) is 21.3 Å². The normalized spacial score (nSPS) is 12.0. The molecule has 1 unspecified atom stereocenters. The molecule has 5 nitrogen and oxygen atoms in total. The molecule has 0 saturated heterocycles. The molecule has 2 rings (SSSR count). The first-order valence-electron chi connectivity index (χ1n) is 6.28. The lowest BCUT2D eigenvalue weighted by Crippen LogP contribution is -2.14. The molecule has 5 heteroatoms. The van der Waals surface area contributed by atoms with E-state index in [4.69, 9.17) is 24.4 Å². The predicted molar refractivity (Wildman–Crippen MR) is 75.4 cm³/mol. The van der Waals surface area contributed by atoms with Gasteiger partial charge in [-0.15, -0.1) is 0 Å². The van der Waals surface area contributed by atoms with Gasteiger partial charge in [-0.05, 0) is 24.3 Å². The Labute approximate surface area is 118 Å². The van der Waals surface area contributed by atoms with Crippen LogP contribution in [0.15, 0.2) is 34.9 Å². The van der Waals surface area contributed by atoms with Crippen LogP contribution >= 0.6 is 0 Å². The molecule has 1 atom stereocenters.